The van der Waals surface area contributed by atoms with Gasteiger partial charge < -0.3 is 0 Å². The molecular formula is C16H21N3OS3. The van der Waals surface area contributed by atoms with E-state index >= 15 is 0 Å². The smallest absolute Gasteiger partial charge is 0.239 e. The van der Waals surface area contributed by atoms with Gasteiger partial charge >= 0.3 is 0 Å². The number of amides is 1. The summed E-state index contributed by atoms with van der Waals surface area (Å²) in [5.74, 6) is 1.56. The van der Waals surface area contributed by atoms with E-state index in [-0.39, 0.29) is 11.2 Å². The highest BCUT2D eigenvalue weighted by Crippen LogP contribution is 2.28. The van der Waals surface area contributed by atoms with Crippen molar-refractivity contribution in [2.45, 2.75) is 42.2 Å². The van der Waals surface area contributed by atoms with Crippen LogP contribution >= 0.6 is 34.9 Å². The molecule has 2 rings (SSSR count). The summed E-state index contributed by atoms with van der Waals surface area (Å²) in [5.41, 5.74) is 1.21. The molecule has 1 atom stereocenters. The molecule has 0 saturated carbocycles. The lowest BCUT2D eigenvalue weighted by Crippen LogP contribution is -2.22. The van der Waals surface area contributed by atoms with Gasteiger partial charge in [-0.25, -0.2) is 0 Å². The van der Waals surface area contributed by atoms with Crippen molar-refractivity contribution in [2.75, 3.05) is 11.1 Å². The Kier molecular flexibility index (Phi) is 6.92. The van der Waals surface area contributed by atoms with Crippen molar-refractivity contribution in [3.05, 3.63) is 29.8 Å². The maximum absolute atomic E-state index is 12.3. The van der Waals surface area contributed by atoms with Crippen molar-refractivity contribution in [1.82, 2.24) is 10.2 Å². The summed E-state index contributed by atoms with van der Waals surface area (Å²) in [4.78, 5) is 13.3. The average molecular weight is 368 g/mol. The van der Waals surface area contributed by atoms with Crippen LogP contribution in [0.3, 0.4) is 0 Å². The number of nitrogens with zero attached hydrogens (tertiary/aromatic N) is 2. The number of aromatic nitrogens is 2. The van der Waals surface area contributed by atoms with E-state index in [1.54, 1.807) is 11.8 Å². The predicted octanol–water partition coefficient (Wildman–Crippen LogP) is 4.71. The van der Waals surface area contributed by atoms with Crippen molar-refractivity contribution >= 4 is 45.9 Å². The van der Waals surface area contributed by atoms with Gasteiger partial charge in [0.25, 0.3) is 0 Å². The molecule has 0 saturated heterocycles. The molecule has 0 aliphatic rings. The maximum Gasteiger partial charge on any atom is 0.239 e. The lowest BCUT2D eigenvalue weighted by Gasteiger charge is -2.10. The number of nitrogens with one attached hydrogen (secondary N) is 1. The standard InChI is InChI=1S/C16H21N3OS3/c1-10(2)9-21-16-19-18-15(23-16)17-14(20)12(4)22-13-7-5-11(3)6-8-13/h5-8,10,12H,9H2,1-4H3,(H,17,18,20). The average Bonchev–Trinajstić information content (AvgIpc) is 2.95. The highest BCUT2D eigenvalue weighted by atomic mass is 32.2. The molecule has 124 valence electrons. The second kappa shape index (κ2) is 8.70. The van der Waals surface area contributed by atoms with Crippen LogP contribution < -0.4 is 5.32 Å². The van der Waals surface area contributed by atoms with E-state index in [4.69, 9.17) is 0 Å². The monoisotopic (exact) mass is 367 g/mol. The van der Waals surface area contributed by atoms with Gasteiger partial charge in [0.2, 0.25) is 11.0 Å². The number of aryl methyl sites for hydroxylation is 1. The van der Waals surface area contributed by atoms with Crippen LogP contribution in [0.5, 0.6) is 0 Å². The fraction of sp³-hybridized carbons (Fsp3) is 0.438. The molecular weight excluding hydrogens is 346 g/mol. The summed E-state index contributed by atoms with van der Waals surface area (Å²) in [5, 5.41) is 11.4. The molecule has 0 aliphatic carbocycles. The Balaban J connectivity index is 1.86. The number of carbonyl (C=O) groups is 1. The third-order valence-corrected chi connectivity index (χ3v) is 6.39. The van der Waals surface area contributed by atoms with Gasteiger partial charge in [-0.3, -0.25) is 10.1 Å². The molecule has 23 heavy (non-hydrogen) atoms. The van der Waals surface area contributed by atoms with Crippen molar-refractivity contribution in [2.24, 2.45) is 5.92 Å². The Hall–Kier alpha value is -1.05. The third-order valence-electron chi connectivity index (χ3n) is 2.88. The minimum atomic E-state index is -0.187. The summed E-state index contributed by atoms with van der Waals surface area (Å²) in [6.45, 7) is 8.28. The van der Waals surface area contributed by atoms with Crippen LogP contribution in [0.2, 0.25) is 0 Å². The zero-order valence-corrected chi connectivity index (χ0v) is 16.1. The van der Waals surface area contributed by atoms with Crippen molar-refractivity contribution in [1.29, 1.82) is 0 Å². The molecule has 0 fully saturated rings. The molecule has 1 aromatic heterocycles. The van der Waals surface area contributed by atoms with Gasteiger partial charge in [0.1, 0.15) is 0 Å². The summed E-state index contributed by atoms with van der Waals surface area (Å²) in [7, 11) is 0. The molecule has 0 spiro atoms. The van der Waals surface area contributed by atoms with Gasteiger partial charge in [0.05, 0.1) is 5.25 Å². The molecule has 4 nitrogen and oxygen atoms in total. The minimum absolute atomic E-state index is 0.0489. The quantitative estimate of drug-likeness (QED) is 0.567. The van der Waals surface area contributed by atoms with E-state index in [0.717, 1.165) is 15.0 Å². The topological polar surface area (TPSA) is 54.9 Å². The lowest BCUT2D eigenvalue weighted by molar-refractivity contribution is -0.115. The van der Waals surface area contributed by atoms with Crippen molar-refractivity contribution in [3.8, 4) is 0 Å². The Bertz CT molecular complexity index is 640. The first kappa shape index (κ1) is 18.3. The van der Waals surface area contributed by atoms with Gasteiger partial charge in [0.15, 0.2) is 4.34 Å². The van der Waals surface area contributed by atoms with E-state index in [2.05, 4.69) is 48.4 Å². The number of anilines is 1. The van der Waals surface area contributed by atoms with Crippen molar-refractivity contribution < 1.29 is 4.79 Å². The Labute approximate surface area is 149 Å². The van der Waals surface area contributed by atoms with Crippen LogP contribution in [0.4, 0.5) is 5.13 Å². The van der Waals surface area contributed by atoms with Gasteiger partial charge in [0, 0.05) is 10.6 Å². The third kappa shape index (κ3) is 6.16. The van der Waals surface area contributed by atoms with Gasteiger partial charge in [-0.05, 0) is 31.9 Å². The lowest BCUT2D eigenvalue weighted by atomic mass is 10.2. The van der Waals surface area contributed by atoms with Gasteiger partial charge in [-0.1, -0.05) is 54.6 Å². The number of rotatable bonds is 7. The molecule has 0 aliphatic heterocycles. The summed E-state index contributed by atoms with van der Waals surface area (Å²) >= 11 is 4.65. The Morgan fingerprint density at radius 3 is 2.57 bits per heavy atom. The first-order valence-corrected chi connectivity index (χ1v) is 10.1. The number of hydrogen-bond donors (Lipinski definition) is 1. The molecule has 0 bridgehead atoms. The zero-order valence-electron chi connectivity index (χ0n) is 13.7. The summed E-state index contributed by atoms with van der Waals surface area (Å²) in [6.07, 6.45) is 0. The number of benzene rings is 1. The van der Waals surface area contributed by atoms with Gasteiger partial charge in [-0.2, -0.15) is 0 Å². The SMILES string of the molecule is Cc1ccc(SC(C)C(=O)Nc2nnc(SCC(C)C)s2)cc1. The molecule has 1 aromatic carbocycles. The van der Waals surface area contributed by atoms with E-state index in [0.29, 0.717) is 11.0 Å². The predicted molar refractivity (Wildman–Crippen MR) is 101 cm³/mol. The largest absolute Gasteiger partial charge is 0.300 e. The Morgan fingerprint density at radius 2 is 1.91 bits per heavy atom. The van der Waals surface area contributed by atoms with E-state index in [1.807, 2.05) is 19.1 Å². The molecule has 0 radical (unpaired) electrons. The van der Waals surface area contributed by atoms with Crippen LogP contribution in [0.25, 0.3) is 0 Å². The number of carbonyl (C=O) groups excluding carboxylic acids is 1. The van der Waals surface area contributed by atoms with Crippen LogP contribution in [-0.2, 0) is 4.79 Å². The molecule has 1 unspecified atom stereocenters. The molecule has 1 amide bonds. The maximum atomic E-state index is 12.3. The summed E-state index contributed by atoms with van der Waals surface area (Å²) in [6, 6.07) is 8.18. The van der Waals surface area contributed by atoms with Gasteiger partial charge in [-0.15, -0.1) is 22.0 Å². The van der Waals surface area contributed by atoms with E-state index < -0.39 is 0 Å². The normalized spacial score (nSPS) is 12.4. The van der Waals surface area contributed by atoms with Crippen LogP contribution in [0.15, 0.2) is 33.5 Å². The molecule has 2 aromatic rings. The van der Waals surface area contributed by atoms with E-state index in [1.165, 1.54) is 28.7 Å². The minimum Gasteiger partial charge on any atom is -0.300 e. The fourth-order valence-electron chi connectivity index (χ4n) is 1.64. The summed E-state index contributed by atoms with van der Waals surface area (Å²) < 4.78 is 0.896. The number of thioether (sulfide) groups is 2. The van der Waals surface area contributed by atoms with Crippen LogP contribution in [0.1, 0.15) is 26.3 Å². The first-order valence-electron chi connectivity index (χ1n) is 7.44. The number of hydrogen-bond acceptors (Lipinski definition) is 6. The molecule has 7 heteroatoms. The zero-order chi connectivity index (χ0) is 16.8. The Morgan fingerprint density at radius 1 is 1.22 bits per heavy atom. The molecule has 1 heterocycles. The second-order valence-corrected chi connectivity index (χ2v) is 9.30. The highest BCUT2D eigenvalue weighted by Gasteiger charge is 2.16. The highest BCUT2D eigenvalue weighted by molar-refractivity contribution is 8.01. The molecule has 1 N–H and O–H groups in total. The fourth-order valence-corrected chi connectivity index (χ4v) is 4.24. The second-order valence-electron chi connectivity index (χ2n) is 5.64. The van der Waals surface area contributed by atoms with Crippen molar-refractivity contribution in [3.63, 3.8) is 0 Å². The van der Waals surface area contributed by atoms with Crippen LogP contribution in [0, 0.1) is 12.8 Å². The first-order chi connectivity index (χ1) is 10.9. The van der Waals surface area contributed by atoms with E-state index in [9.17, 15) is 4.79 Å². The van der Waals surface area contributed by atoms with Crippen LogP contribution in [-0.4, -0.2) is 27.1 Å².